The van der Waals surface area contributed by atoms with E-state index in [0.29, 0.717) is 19.6 Å². The van der Waals surface area contributed by atoms with Crippen molar-refractivity contribution in [1.82, 2.24) is 14.9 Å². The summed E-state index contributed by atoms with van der Waals surface area (Å²) >= 11 is 0.849. The number of rotatable bonds is 8. The Morgan fingerprint density at radius 3 is 2.83 bits per heavy atom. The van der Waals surface area contributed by atoms with Crippen molar-refractivity contribution in [2.45, 2.75) is 23.6 Å². The van der Waals surface area contributed by atoms with E-state index in [-0.39, 0.29) is 9.47 Å². The molecule has 9 heteroatoms. The van der Waals surface area contributed by atoms with Crippen LogP contribution in [0.5, 0.6) is 0 Å². The van der Waals surface area contributed by atoms with Gasteiger partial charge in [-0.25, -0.2) is 13.1 Å². The zero-order valence-corrected chi connectivity index (χ0v) is 11.5. The summed E-state index contributed by atoms with van der Waals surface area (Å²) in [5.41, 5.74) is 5.34. The molecule has 102 valence electrons. The van der Waals surface area contributed by atoms with Crippen LogP contribution in [0.3, 0.4) is 0 Å². The monoisotopic (exact) mass is 292 g/mol. The van der Waals surface area contributed by atoms with Crippen molar-refractivity contribution in [1.29, 1.82) is 0 Å². The summed E-state index contributed by atoms with van der Waals surface area (Å²) < 4.78 is 31.1. The molecule has 0 amide bonds. The van der Waals surface area contributed by atoms with E-state index < -0.39 is 10.0 Å². The van der Waals surface area contributed by atoms with E-state index >= 15 is 0 Å². The summed E-state index contributed by atoms with van der Waals surface area (Å²) in [6, 6.07) is 0. The molecule has 18 heavy (non-hydrogen) atoms. The van der Waals surface area contributed by atoms with E-state index in [4.69, 9.17) is 10.5 Å². The number of hydrogen-bond acceptors (Lipinski definition) is 7. The standard InChI is InChI=1S/C9H16N4O3S2/c10-8-12-13-9(17-8)18(14,15)11-4-1-5-16-6-7-2-3-7/h7,11H,1-6H2,(H2,10,12). The van der Waals surface area contributed by atoms with Crippen LogP contribution in [0.15, 0.2) is 4.34 Å². The molecule has 1 aromatic heterocycles. The summed E-state index contributed by atoms with van der Waals surface area (Å²) in [4.78, 5) is 0. The fourth-order valence-corrected chi connectivity index (χ4v) is 3.20. The molecule has 7 nitrogen and oxygen atoms in total. The minimum Gasteiger partial charge on any atom is -0.381 e. The molecule has 1 aliphatic carbocycles. The van der Waals surface area contributed by atoms with Crippen LogP contribution in [0.1, 0.15) is 19.3 Å². The molecule has 1 saturated carbocycles. The van der Waals surface area contributed by atoms with Crippen LogP contribution in [0, 0.1) is 5.92 Å². The first kappa shape index (κ1) is 13.7. The van der Waals surface area contributed by atoms with Gasteiger partial charge in [0.15, 0.2) is 0 Å². The van der Waals surface area contributed by atoms with Gasteiger partial charge >= 0.3 is 0 Å². The van der Waals surface area contributed by atoms with Crippen LogP contribution in [-0.4, -0.2) is 38.4 Å². The van der Waals surface area contributed by atoms with Gasteiger partial charge in [-0.2, -0.15) is 0 Å². The fourth-order valence-electron chi connectivity index (χ4n) is 1.31. The maximum atomic E-state index is 11.7. The van der Waals surface area contributed by atoms with E-state index in [1.54, 1.807) is 0 Å². The van der Waals surface area contributed by atoms with Gasteiger partial charge in [0.05, 0.1) is 0 Å². The maximum absolute atomic E-state index is 11.7. The fraction of sp³-hybridized carbons (Fsp3) is 0.778. The number of nitrogens with two attached hydrogens (primary N) is 1. The predicted molar refractivity (Wildman–Crippen MR) is 67.7 cm³/mol. The molecule has 1 heterocycles. The average Bonchev–Trinajstić information content (AvgIpc) is 3.03. The summed E-state index contributed by atoms with van der Waals surface area (Å²) in [5, 5.41) is 7.11. The predicted octanol–water partition coefficient (Wildman–Crippen LogP) is 0.215. The molecular weight excluding hydrogens is 276 g/mol. The number of anilines is 1. The molecule has 0 spiro atoms. The lowest BCUT2D eigenvalue weighted by molar-refractivity contribution is 0.123. The molecule has 3 N–H and O–H groups in total. The molecule has 1 aromatic rings. The highest BCUT2D eigenvalue weighted by atomic mass is 32.2. The van der Waals surface area contributed by atoms with Gasteiger partial charge in [0.25, 0.3) is 10.0 Å². The number of hydrogen-bond donors (Lipinski definition) is 2. The molecule has 0 aliphatic heterocycles. The van der Waals surface area contributed by atoms with Crippen molar-refractivity contribution in [3.63, 3.8) is 0 Å². The Morgan fingerprint density at radius 1 is 1.44 bits per heavy atom. The van der Waals surface area contributed by atoms with Gasteiger partial charge in [-0.05, 0) is 25.2 Å². The van der Waals surface area contributed by atoms with E-state index in [9.17, 15) is 8.42 Å². The van der Waals surface area contributed by atoms with Crippen LogP contribution in [0.2, 0.25) is 0 Å². The van der Waals surface area contributed by atoms with Gasteiger partial charge in [-0.3, -0.25) is 0 Å². The SMILES string of the molecule is Nc1nnc(S(=O)(=O)NCCCOCC2CC2)s1. The van der Waals surface area contributed by atoms with Crippen LogP contribution in [-0.2, 0) is 14.8 Å². The van der Waals surface area contributed by atoms with Gasteiger partial charge in [0.2, 0.25) is 9.47 Å². The molecule has 0 saturated heterocycles. The van der Waals surface area contributed by atoms with Gasteiger partial charge in [-0.1, -0.05) is 11.3 Å². The highest BCUT2D eigenvalue weighted by Crippen LogP contribution is 2.28. The van der Waals surface area contributed by atoms with Crippen molar-refractivity contribution in [3.05, 3.63) is 0 Å². The smallest absolute Gasteiger partial charge is 0.269 e. The lowest BCUT2D eigenvalue weighted by Gasteiger charge is -2.04. The van der Waals surface area contributed by atoms with E-state index in [0.717, 1.165) is 23.9 Å². The van der Waals surface area contributed by atoms with Gasteiger partial charge < -0.3 is 10.5 Å². The molecule has 0 aromatic carbocycles. The van der Waals surface area contributed by atoms with Crippen LogP contribution in [0.4, 0.5) is 5.13 Å². The molecule has 0 radical (unpaired) electrons. The largest absolute Gasteiger partial charge is 0.381 e. The maximum Gasteiger partial charge on any atom is 0.269 e. The van der Waals surface area contributed by atoms with Crippen molar-refractivity contribution in [2.75, 3.05) is 25.5 Å². The Balaban J connectivity index is 1.65. The first-order valence-corrected chi connectivity index (χ1v) is 8.04. The first-order chi connectivity index (χ1) is 8.58. The number of sulfonamides is 1. The second-order valence-electron chi connectivity index (χ2n) is 4.18. The van der Waals surface area contributed by atoms with Gasteiger partial charge in [0.1, 0.15) is 0 Å². The Labute approximate surface area is 110 Å². The third-order valence-electron chi connectivity index (χ3n) is 2.46. The van der Waals surface area contributed by atoms with Crippen molar-refractivity contribution in [3.8, 4) is 0 Å². The minimum atomic E-state index is -3.57. The second kappa shape index (κ2) is 5.91. The van der Waals surface area contributed by atoms with Crippen molar-refractivity contribution < 1.29 is 13.2 Å². The van der Waals surface area contributed by atoms with E-state index in [1.807, 2.05) is 0 Å². The minimum absolute atomic E-state index is 0.0982. The number of ether oxygens (including phenoxy) is 1. The third kappa shape index (κ3) is 4.16. The zero-order valence-electron chi connectivity index (χ0n) is 9.83. The third-order valence-corrected chi connectivity index (χ3v) is 5.04. The Morgan fingerprint density at radius 2 is 2.22 bits per heavy atom. The number of nitrogen functional groups attached to an aromatic ring is 1. The normalized spacial score (nSPS) is 16.0. The van der Waals surface area contributed by atoms with Gasteiger partial charge in [0, 0.05) is 19.8 Å². The van der Waals surface area contributed by atoms with Crippen LogP contribution in [0.25, 0.3) is 0 Å². The number of aromatic nitrogens is 2. The number of nitrogens with one attached hydrogen (secondary N) is 1. The lowest BCUT2D eigenvalue weighted by atomic mass is 10.4. The van der Waals surface area contributed by atoms with Crippen LogP contribution < -0.4 is 10.5 Å². The zero-order chi connectivity index (χ0) is 13.0. The summed E-state index contributed by atoms with van der Waals surface area (Å²) in [7, 11) is -3.57. The molecular formula is C9H16N4O3S2. The molecule has 0 atom stereocenters. The molecule has 1 aliphatic rings. The van der Waals surface area contributed by atoms with Crippen molar-refractivity contribution in [2.24, 2.45) is 5.92 Å². The molecule has 2 rings (SSSR count). The Bertz CT molecular complexity index is 484. The topological polar surface area (TPSA) is 107 Å². The second-order valence-corrected chi connectivity index (χ2v) is 7.13. The Kier molecular flexibility index (Phi) is 4.49. The molecule has 0 bridgehead atoms. The molecule has 0 unspecified atom stereocenters. The summed E-state index contributed by atoms with van der Waals surface area (Å²) in [5.74, 6) is 0.728. The van der Waals surface area contributed by atoms with Crippen LogP contribution >= 0.6 is 11.3 Å². The lowest BCUT2D eigenvalue weighted by Crippen LogP contribution is -2.25. The Hall–Kier alpha value is -0.770. The highest BCUT2D eigenvalue weighted by molar-refractivity contribution is 7.91. The van der Waals surface area contributed by atoms with Crippen molar-refractivity contribution >= 4 is 26.5 Å². The average molecular weight is 292 g/mol. The first-order valence-electron chi connectivity index (χ1n) is 5.74. The summed E-state index contributed by atoms with van der Waals surface area (Å²) in [6.45, 7) is 1.68. The van der Waals surface area contributed by atoms with E-state index in [2.05, 4.69) is 14.9 Å². The van der Waals surface area contributed by atoms with E-state index in [1.165, 1.54) is 12.8 Å². The quantitative estimate of drug-likeness (QED) is 0.663. The number of nitrogens with zero attached hydrogens (tertiary/aromatic N) is 2. The highest BCUT2D eigenvalue weighted by Gasteiger charge is 2.21. The molecule has 1 fully saturated rings. The van der Waals surface area contributed by atoms with Gasteiger partial charge in [-0.15, -0.1) is 10.2 Å². The summed E-state index contributed by atoms with van der Waals surface area (Å²) in [6.07, 6.45) is 3.15.